The summed E-state index contributed by atoms with van der Waals surface area (Å²) in [5.74, 6) is -0.117. The molecule has 0 radical (unpaired) electrons. The van der Waals surface area contributed by atoms with Crippen LogP contribution in [0.4, 0.5) is 4.79 Å². The van der Waals surface area contributed by atoms with Crippen LogP contribution in [0.15, 0.2) is 78.9 Å². The lowest BCUT2D eigenvalue weighted by Gasteiger charge is -2.22. The molecule has 156 valence electrons. The van der Waals surface area contributed by atoms with Gasteiger partial charge in [-0.05, 0) is 35.7 Å². The zero-order chi connectivity index (χ0) is 22.0. The summed E-state index contributed by atoms with van der Waals surface area (Å²) in [7, 11) is 1.55. The average molecular weight is 414 g/mol. The van der Waals surface area contributed by atoms with Crippen LogP contribution in [0, 0.1) is 0 Å². The minimum atomic E-state index is -1.24. The number of imide groups is 1. The van der Waals surface area contributed by atoms with Gasteiger partial charge in [0.05, 0.1) is 13.7 Å². The molecule has 1 heterocycles. The van der Waals surface area contributed by atoms with Crippen molar-refractivity contribution in [3.63, 3.8) is 0 Å². The van der Waals surface area contributed by atoms with Crippen molar-refractivity contribution in [1.82, 2.24) is 10.2 Å². The van der Waals surface area contributed by atoms with Crippen molar-refractivity contribution in [1.29, 1.82) is 0 Å². The number of methoxy groups -OCH3 is 1. The van der Waals surface area contributed by atoms with Gasteiger partial charge in [-0.3, -0.25) is 14.5 Å². The van der Waals surface area contributed by atoms with E-state index >= 15 is 0 Å². The fourth-order valence-corrected chi connectivity index (χ4v) is 3.67. The Balaban J connectivity index is 1.50. The van der Waals surface area contributed by atoms with E-state index in [-0.39, 0.29) is 12.3 Å². The number of urea groups is 1. The molecule has 0 spiro atoms. The summed E-state index contributed by atoms with van der Waals surface area (Å²) in [5.41, 5.74) is 1.86. The molecule has 0 aliphatic carbocycles. The number of hydrogen-bond acceptors (Lipinski definition) is 4. The van der Waals surface area contributed by atoms with Gasteiger partial charge in [-0.25, -0.2) is 4.79 Å². The molecule has 1 atom stereocenters. The summed E-state index contributed by atoms with van der Waals surface area (Å²) in [4.78, 5) is 39.3. The number of carbonyl (C=O) groups excluding carboxylic acids is 3. The monoisotopic (exact) mass is 414 g/mol. The molecule has 1 N–H and O–H groups in total. The number of benzene rings is 3. The minimum absolute atomic E-state index is 0.304. The largest absolute Gasteiger partial charge is 0.497 e. The van der Waals surface area contributed by atoms with Gasteiger partial charge < -0.3 is 10.1 Å². The number of hydrogen-bond donors (Lipinski definition) is 1. The molecule has 0 saturated carbocycles. The standard InChI is InChI=1S/C25H22N2O4/c1-25(20-12-14-21(31-2)15-13-20)23(29)27(24(30)26-25)16-22(28)19-10-8-18(9-11-19)17-6-4-3-5-7-17/h3-15H,16H2,1-2H3,(H,26,30)/t25-/m1/s1. The van der Waals surface area contributed by atoms with Crippen LogP contribution in [-0.2, 0) is 10.3 Å². The third-order valence-corrected chi connectivity index (χ3v) is 5.56. The quantitative estimate of drug-likeness (QED) is 0.488. The van der Waals surface area contributed by atoms with Gasteiger partial charge in [0.15, 0.2) is 5.78 Å². The average Bonchev–Trinajstić information content (AvgIpc) is 3.03. The first-order chi connectivity index (χ1) is 14.9. The van der Waals surface area contributed by atoms with Gasteiger partial charge in [0.1, 0.15) is 11.3 Å². The second-order valence-corrected chi connectivity index (χ2v) is 7.54. The Labute approximate surface area is 180 Å². The molecule has 1 aliphatic heterocycles. The Morgan fingerprint density at radius 3 is 2.13 bits per heavy atom. The normalized spacial score (nSPS) is 18.1. The molecular weight excluding hydrogens is 392 g/mol. The van der Waals surface area contributed by atoms with Crippen molar-refractivity contribution < 1.29 is 19.1 Å². The van der Waals surface area contributed by atoms with Gasteiger partial charge in [0, 0.05) is 5.56 Å². The molecule has 6 nitrogen and oxygen atoms in total. The van der Waals surface area contributed by atoms with Gasteiger partial charge in [0.25, 0.3) is 5.91 Å². The lowest BCUT2D eigenvalue weighted by molar-refractivity contribution is -0.130. The summed E-state index contributed by atoms with van der Waals surface area (Å²) in [5, 5.41) is 2.72. The number of rotatable bonds is 6. The summed E-state index contributed by atoms with van der Waals surface area (Å²) in [6.07, 6.45) is 0. The van der Waals surface area contributed by atoms with Crippen LogP contribution < -0.4 is 10.1 Å². The number of ketones is 1. The zero-order valence-corrected chi connectivity index (χ0v) is 17.3. The number of ether oxygens (including phenoxy) is 1. The van der Waals surface area contributed by atoms with Crippen LogP contribution >= 0.6 is 0 Å². The fraction of sp³-hybridized carbons (Fsp3) is 0.160. The summed E-state index contributed by atoms with van der Waals surface area (Å²) >= 11 is 0. The van der Waals surface area contributed by atoms with Crippen LogP contribution in [0.5, 0.6) is 5.75 Å². The number of carbonyl (C=O) groups is 3. The highest BCUT2D eigenvalue weighted by atomic mass is 16.5. The molecule has 0 aromatic heterocycles. The van der Waals surface area contributed by atoms with Crippen LogP contribution in [0.2, 0.25) is 0 Å². The molecule has 1 fully saturated rings. The first kappa shape index (κ1) is 20.3. The number of nitrogens with one attached hydrogen (secondary N) is 1. The predicted octanol–water partition coefficient (Wildman–Crippen LogP) is 4.01. The number of nitrogens with zero attached hydrogens (tertiary/aromatic N) is 1. The molecule has 31 heavy (non-hydrogen) atoms. The van der Waals surface area contributed by atoms with Crippen molar-refractivity contribution in [2.24, 2.45) is 0 Å². The molecule has 1 saturated heterocycles. The van der Waals surface area contributed by atoms with Crippen molar-refractivity contribution in [2.75, 3.05) is 13.7 Å². The van der Waals surface area contributed by atoms with Gasteiger partial charge in [-0.15, -0.1) is 0 Å². The van der Waals surface area contributed by atoms with E-state index in [1.807, 2.05) is 42.5 Å². The van der Waals surface area contributed by atoms with E-state index in [0.717, 1.165) is 16.0 Å². The maximum absolute atomic E-state index is 13.1. The van der Waals surface area contributed by atoms with E-state index in [0.29, 0.717) is 16.9 Å². The van der Waals surface area contributed by atoms with Crippen molar-refractivity contribution in [2.45, 2.75) is 12.5 Å². The van der Waals surface area contributed by atoms with Gasteiger partial charge >= 0.3 is 6.03 Å². The summed E-state index contributed by atoms with van der Waals surface area (Å²) in [6, 6.07) is 23.3. The first-order valence-electron chi connectivity index (χ1n) is 9.90. The second-order valence-electron chi connectivity index (χ2n) is 7.54. The smallest absolute Gasteiger partial charge is 0.325 e. The molecule has 4 rings (SSSR count). The number of amides is 3. The highest BCUT2D eigenvalue weighted by Gasteiger charge is 2.49. The van der Waals surface area contributed by atoms with E-state index in [4.69, 9.17) is 4.74 Å². The second kappa shape index (κ2) is 8.07. The van der Waals surface area contributed by atoms with Crippen LogP contribution in [0.25, 0.3) is 11.1 Å². The predicted molar refractivity (Wildman–Crippen MR) is 117 cm³/mol. The summed E-state index contributed by atoms with van der Waals surface area (Å²) in [6.45, 7) is 1.31. The van der Waals surface area contributed by atoms with Crippen molar-refractivity contribution in [3.05, 3.63) is 90.0 Å². The van der Waals surface area contributed by atoms with Crippen molar-refractivity contribution in [3.8, 4) is 16.9 Å². The molecule has 3 amide bonds. The lowest BCUT2D eigenvalue weighted by atomic mass is 9.92. The third-order valence-electron chi connectivity index (χ3n) is 5.56. The highest BCUT2D eigenvalue weighted by molar-refractivity contribution is 6.11. The van der Waals surface area contributed by atoms with Gasteiger partial charge in [-0.2, -0.15) is 0 Å². The molecular formula is C25H22N2O4. The first-order valence-corrected chi connectivity index (χ1v) is 9.90. The van der Waals surface area contributed by atoms with Crippen LogP contribution in [-0.4, -0.2) is 36.3 Å². The SMILES string of the molecule is COc1ccc([C@@]2(C)NC(=O)N(CC(=O)c3ccc(-c4ccccc4)cc3)C2=O)cc1. The van der Waals surface area contributed by atoms with E-state index in [1.165, 1.54) is 0 Å². The van der Waals surface area contributed by atoms with E-state index in [9.17, 15) is 14.4 Å². The number of Topliss-reactive ketones (excluding diaryl/α,β-unsaturated/α-hetero) is 1. The van der Waals surface area contributed by atoms with E-state index in [2.05, 4.69) is 5.32 Å². The minimum Gasteiger partial charge on any atom is -0.497 e. The summed E-state index contributed by atoms with van der Waals surface area (Å²) < 4.78 is 5.14. The Morgan fingerprint density at radius 2 is 1.52 bits per heavy atom. The topological polar surface area (TPSA) is 75.7 Å². The molecule has 1 aliphatic rings. The highest BCUT2D eigenvalue weighted by Crippen LogP contribution is 2.30. The molecule has 0 unspecified atom stereocenters. The zero-order valence-electron chi connectivity index (χ0n) is 17.3. The van der Waals surface area contributed by atoms with Crippen LogP contribution in [0.3, 0.4) is 0 Å². The fourth-order valence-electron chi connectivity index (χ4n) is 3.67. The Bertz CT molecular complexity index is 1120. The molecule has 3 aromatic rings. The molecule has 0 bridgehead atoms. The van der Waals surface area contributed by atoms with Gasteiger partial charge in [-0.1, -0.05) is 66.7 Å². The third kappa shape index (κ3) is 3.80. The Hall–Kier alpha value is -3.93. The van der Waals surface area contributed by atoms with E-state index < -0.39 is 17.5 Å². The Kier molecular flexibility index (Phi) is 5.29. The Morgan fingerprint density at radius 1 is 0.903 bits per heavy atom. The van der Waals surface area contributed by atoms with E-state index in [1.54, 1.807) is 50.4 Å². The lowest BCUT2D eigenvalue weighted by Crippen LogP contribution is -2.41. The van der Waals surface area contributed by atoms with Crippen LogP contribution in [0.1, 0.15) is 22.8 Å². The van der Waals surface area contributed by atoms with Crippen molar-refractivity contribution >= 4 is 17.7 Å². The maximum Gasteiger partial charge on any atom is 0.325 e. The molecule has 6 heteroatoms. The van der Waals surface area contributed by atoms with Gasteiger partial charge in [0.2, 0.25) is 0 Å². The maximum atomic E-state index is 13.1. The molecule has 3 aromatic carbocycles.